The first-order valence-electron chi connectivity index (χ1n) is 11.6. The number of carbonyl (C=O) groups excluding carboxylic acids is 1. The molecule has 0 radical (unpaired) electrons. The average molecular weight is 490 g/mol. The number of pyridine rings is 1. The molecule has 4 rings (SSSR count). The number of hydrogen-bond acceptors (Lipinski definition) is 6. The molecule has 3 N–H and O–H groups in total. The third kappa shape index (κ3) is 5.27. The zero-order valence-corrected chi connectivity index (χ0v) is 20.4. The Bertz CT molecular complexity index is 1260. The maximum Gasteiger partial charge on any atom is 0.496 e. The van der Waals surface area contributed by atoms with Gasteiger partial charge in [0, 0.05) is 12.6 Å². The molecule has 0 bridgehead atoms. The standard InChI is InChI=1S/C27H28BFN2O5/c1-16-21(10-17-11-24(35-2)27(28(33)34)25(12-17)36-3)20-8-7-18(29)13-23(20)22(16)14-26(32)31-15-19-6-4-5-9-30-19/h4-13,16,22,33-34H,14-15H2,1-3H3,(H,31,32). The van der Waals surface area contributed by atoms with Crippen molar-refractivity contribution in [1.82, 2.24) is 10.3 Å². The fraction of sp³-hybridized carbons (Fsp3) is 0.259. The molecule has 1 aliphatic rings. The van der Waals surface area contributed by atoms with Crippen molar-refractivity contribution >= 4 is 30.1 Å². The lowest BCUT2D eigenvalue weighted by Gasteiger charge is -2.18. The summed E-state index contributed by atoms with van der Waals surface area (Å²) in [5.74, 6) is -0.252. The highest BCUT2D eigenvalue weighted by atomic mass is 19.1. The van der Waals surface area contributed by atoms with Gasteiger partial charge in [0.25, 0.3) is 0 Å². The van der Waals surface area contributed by atoms with Crippen LogP contribution >= 0.6 is 0 Å². The summed E-state index contributed by atoms with van der Waals surface area (Å²) in [7, 11) is 1.11. The van der Waals surface area contributed by atoms with Gasteiger partial charge in [0.05, 0.1) is 31.9 Å². The van der Waals surface area contributed by atoms with E-state index in [1.807, 2.05) is 31.2 Å². The van der Waals surface area contributed by atoms with Crippen LogP contribution in [-0.2, 0) is 11.3 Å². The summed E-state index contributed by atoms with van der Waals surface area (Å²) in [6, 6.07) is 13.5. The molecule has 0 fully saturated rings. The number of rotatable bonds is 8. The van der Waals surface area contributed by atoms with Crippen LogP contribution in [0.1, 0.15) is 41.6 Å². The number of methoxy groups -OCH3 is 2. The molecule has 1 heterocycles. The van der Waals surface area contributed by atoms with Crippen LogP contribution in [0.4, 0.5) is 4.39 Å². The maximum absolute atomic E-state index is 14.2. The fourth-order valence-electron chi connectivity index (χ4n) is 4.77. The summed E-state index contributed by atoms with van der Waals surface area (Å²) in [4.78, 5) is 17.0. The van der Waals surface area contributed by atoms with Crippen molar-refractivity contribution in [2.75, 3.05) is 14.2 Å². The summed E-state index contributed by atoms with van der Waals surface area (Å²) >= 11 is 0. The quantitative estimate of drug-likeness (QED) is 0.420. The van der Waals surface area contributed by atoms with E-state index in [4.69, 9.17) is 9.47 Å². The number of nitrogens with one attached hydrogen (secondary N) is 1. The van der Waals surface area contributed by atoms with Crippen LogP contribution in [-0.4, -0.2) is 42.3 Å². The smallest absolute Gasteiger partial charge is 0.496 e. The topological polar surface area (TPSA) is 101 Å². The van der Waals surface area contributed by atoms with Crippen LogP contribution in [0, 0.1) is 11.7 Å². The van der Waals surface area contributed by atoms with Gasteiger partial charge < -0.3 is 24.8 Å². The third-order valence-electron chi connectivity index (χ3n) is 6.56. The van der Waals surface area contributed by atoms with E-state index < -0.39 is 7.12 Å². The van der Waals surface area contributed by atoms with E-state index in [0.717, 1.165) is 22.4 Å². The van der Waals surface area contributed by atoms with Gasteiger partial charge in [-0.15, -0.1) is 0 Å². The number of hydrogen-bond donors (Lipinski definition) is 3. The molecular weight excluding hydrogens is 462 g/mol. The second kappa shape index (κ2) is 10.9. The second-order valence-corrected chi connectivity index (χ2v) is 8.74. The van der Waals surface area contributed by atoms with Crippen LogP contribution in [0.3, 0.4) is 0 Å². The van der Waals surface area contributed by atoms with Crippen LogP contribution in [0.15, 0.2) is 54.7 Å². The Balaban J connectivity index is 1.65. The Morgan fingerprint density at radius 3 is 2.47 bits per heavy atom. The molecule has 0 aliphatic heterocycles. The Morgan fingerprint density at radius 1 is 1.14 bits per heavy atom. The zero-order valence-electron chi connectivity index (χ0n) is 20.4. The van der Waals surface area contributed by atoms with Crippen LogP contribution in [0.5, 0.6) is 11.5 Å². The number of amides is 1. The first-order chi connectivity index (χ1) is 17.3. The molecule has 2 unspecified atom stereocenters. The summed E-state index contributed by atoms with van der Waals surface area (Å²) in [5, 5.41) is 22.4. The molecule has 36 heavy (non-hydrogen) atoms. The molecule has 186 valence electrons. The number of nitrogens with zero attached hydrogens (tertiary/aromatic N) is 1. The van der Waals surface area contributed by atoms with Gasteiger partial charge in [0.1, 0.15) is 17.3 Å². The molecule has 9 heteroatoms. The predicted octanol–water partition coefficient (Wildman–Crippen LogP) is 2.90. The number of allylic oxidation sites excluding steroid dienone is 1. The van der Waals surface area contributed by atoms with E-state index in [0.29, 0.717) is 12.1 Å². The van der Waals surface area contributed by atoms with E-state index in [2.05, 4.69) is 10.3 Å². The summed E-state index contributed by atoms with van der Waals surface area (Å²) in [6.07, 6.45) is 3.81. The van der Waals surface area contributed by atoms with E-state index in [1.165, 1.54) is 26.4 Å². The largest absolute Gasteiger partial charge is 0.497 e. The summed E-state index contributed by atoms with van der Waals surface area (Å²) in [5.41, 5.74) is 4.20. The van der Waals surface area contributed by atoms with Crippen molar-refractivity contribution in [2.45, 2.75) is 25.8 Å². The number of fused-ring (bicyclic) bond motifs is 1. The Kier molecular flexibility index (Phi) is 7.71. The number of aromatic nitrogens is 1. The first-order valence-corrected chi connectivity index (χ1v) is 11.6. The Labute approximate surface area is 209 Å². The fourth-order valence-corrected chi connectivity index (χ4v) is 4.77. The van der Waals surface area contributed by atoms with Crippen molar-refractivity contribution in [3.8, 4) is 11.5 Å². The van der Waals surface area contributed by atoms with Gasteiger partial charge in [-0.05, 0) is 70.5 Å². The van der Waals surface area contributed by atoms with Crippen molar-refractivity contribution in [3.05, 3.63) is 82.9 Å². The minimum Gasteiger partial charge on any atom is -0.497 e. The SMILES string of the molecule is COc1cc(C=C2c3ccc(F)cc3C(CC(=O)NCc3ccccn3)C2C)cc(OC)c1B(O)O. The van der Waals surface area contributed by atoms with Gasteiger partial charge in [-0.2, -0.15) is 0 Å². The Hall–Kier alpha value is -3.69. The molecule has 2 aromatic carbocycles. The summed E-state index contributed by atoms with van der Waals surface area (Å²) < 4.78 is 25.0. The lowest BCUT2D eigenvalue weighted by Crippen LogP contribution is -2.32. The van der Waals surface area contributed by atoms with Crippen molar-refractivity contribution < 1.29 is 28.7 Å². The number of benzene rings is 2. The van der Waals surface area contributed by atoms with Gasteiger partial charge in [-0.1, -0.05) is 25.1 Å². The second-order valence-electron chi connectivity index (χ2n) is 8.74. The van der Waals surface area contributed by atoms with Crippen LogP contribution in [0.25, 0.3) is 11.6 Å². The number of ether oxygens (including phenoxy) is 2. The molecule has 7 nitrogen and oxygen atoms in total. The molecule has 0 saturated heterocycles. The molecule has 0 saturated carbocycles. The van der Waals surface area contributed by atoms with Gasteiger partial charge in [0.2, 0.25) is 5.91 Å². The molecule has 1 aliphatic carbocycles. The van der Waals surface area contributed by atoms with E-state index in [9.17, 15) is 19.2 Å². The van der Waals surface area contributed by atoms with E-state index in [1.54, 1.807) is 24.4 Å². The van der Waals surface area contributed by atoms with Gasteiger partial charge in [0.15, 0.2) is 0 Å². The van der Waals surface area contributed by atoms with Crippen molar-refractivity contribution in [1.29, 1.82) is 0 Å². The lowest BCUT2D eigenvalue weighted by molar-refractivity contribution is -0.121. The summed E-state index contributed by atoms with van der Waals surface area (Å²) in [6.45, 7) is 2.34. The first kappa shape index (κ1) is 25.4. The highest BCUT2D eigenvalue weighted by molar-refractivity contribution is 6.61. The van der Waals surface area contributed by atoms with E-state index in [-0.39, 0.29) is 46.9 Å². The van der Waals surface area contributed by atoms with Crippen molar-refractivity contribution in [2.24, 2.45) is 5.92 Å². The molecule has 0 spiro atoms. The normalized spacial score (nSPS) is 17.6. The third-order valence-corrected chi connectivity index (χ3v) is 6.56. The van der Waals surface area contributed by atoms with Crippen LogP contribution < -0.4 is 20.3 Å². The highest BCUT2D eigenvalue weighted by Crippen LogP contribution is 2.48. The maximum atomic E-state index is 14.2. The Morgan fingerprint density at radius 2 is 1.86 bits per heavy atom. The van der Waals surface area contributed by atoms with Gasteiger partial charge in [-0.3, -0.25) is 9.78 Å². The zero-order chi connectivity index (χ0) is 25.8. The monoisotopic (exact) mass is 490 g/mol. The highest BCUT2D eigenvalue weighted by Gasteiger charge is 2.35. The molecular formula is C27H28BFN2O5. The predicted molar refractivity (Wildman–Crippen MR) is 136 cm³/mol. The number of carbonyl (C=O) groups is 1. The van der Waals surface area contributed by atoms with Gasteiger partial charge >= 0.3 is 7.12 Å². The van der Waals surface area contributed by atoms with Crippen molar-refractivity contribution in [3.63, 3.8) is 0 Å². The minimum atomic E-state index is -1.76. The minimum absolute atomic E-state index is 0.0810. The average Bonchev–Trinajstić information content (AvgIpc) is 3.12. The molecule has 1 aromatic heterocycles. The van der Waals surface area contributed by atoms with Crippen LogP contribution in [0.2, 0.25) is 0 Å². The molecule has 3 aromatic rings. The van der Waals surface area contributed by atoms with E-state index >= 15 is 0 Å². The molecule has 1 amide bonds. The lowest BCUT2D eigenvalue weighted by atomic mass is 9.78. The molecule has 2 atom stereocenters. The van der Waals surface area contributed by atoms with Gasteiger partial charge in [-0.25, -0.2) is 4.39 Å². The number of halogens is 1.